The topological polar surface area (TPSA) is 62.5 Å². The Morgan fingerprint density at radius 2 is 2.12 bits per heavy atom. The first kappa shape index (κ1) is 12.8. The molecule has 0 saturated heterocycles. The lowest BCUT2D eigenvalue weighted by Gasteiger charge is -2.04. The Balaban J connectivity index is 2.36. The minimum atomic E-state index is -0.0762. The molecule has 4 heteroatoms. The van der Waals surface area contributed by atoms with E-state index in [1.807, 2.05) is 6.92 Å². The first-order chi connectivity index (χ1) is 7.66. The number of carbonyl (C=O) groups excluding carboxylic acids is 1. The van der Waals surface area contributed by atoms with E-state index in [0.717, 1.165) is 24.8 Å². The van der Waals surface area contributed by atoms with Gasteiger partial charge in [-0.1, -0.05) is 0 Å². The molecular weight excluding hydrogens is 206 g/mol. The molecule has 1 amide bonds. The largest absolute Gasteiger partial charge is 0.469 e. The van der Waals surface area contributed by atoms with Gasteiger partial charge in [-0.05, 0) is 33.1 Å². The maximum atomic E-state index is 11.8. The van der Waals surface area contributed by atoms with E-state index in [9.17, 15) is 4.79 Å². The Hall–Kier alpha value is -1.29. The molecule has 1 heterocycles. The van der Waals surface area contributed by atoms with E-state index in [1.54, 1.807) is 13.2 Å². The molecular formula is C12H19NO3. The van der Waals surface area contributed by atoms with Crippen LogP contribution in [0.15, 0.2) is 10.7 Å². The third-order valence-electron chi connectivity index (χ3n) is 2.51. The third-order valence-corrected chi connectivity index (χ3v) is 2.51. The number of amides is 1. The molecule has 16 heavy (non-hydrogen) atoms. The van der Waals surface area contributed by atoms with Crippen molar-refractivity contribution in [1.29, 1.82) is 0 Å². The van der Waals surface area contributed by atoms with E-state index < -0.39 is 0 Å². The highest BCUT2D eigenvalue weighted by Gasteiger charge is 2.14. The molecule has 0 spiro atoms. The average Bonchev–Trinajstić information content (AvgIpc) is 2.58. The summed E-state index contributed by atoms with van der Waals surface area (Å²) in [6, 6.07) is 0. The Labute approximate surface area is 95.7 Å². The van der Waals surface area contributed by atoms with Crippen molar-refractivity contribution < 1.29 is 14.3 Å². The zero-order chi connectivity index (χ0) is 12.0. The van der Waals surface area contributed by atoms with E-state index in [0.29, 0.717) is 17.9 Å². The Morgan fingerprint density at radius 3 is 2.69 bits per heavy atom. The molecule has 1 aromatic rings. The lowest BCUT2D eigenvalue weighted by atomic mass is 10.1. The van der Waals surface area contributed by atoms with Gasteiger partial charge < -0.3 is 14.8 Å². The number of aliphatic hydroxyl groups is 1. The van der Waals surface area contributed by atoms with Gasteiger partial charge in [0, 0.05) is 18.7 Å². The summed E-state index contributed by atoms with van der Waals surface area (Å²) in [6.45, 7) is 4.50. The number of furan rings is 1. The molecule has 4 nitrogen and oxygen atoms in total. The van der Waals surface area contributed by atoms with Crippen LogP contribution >= 0.6 is 0 Å². The van der Waals surface area contributed by atoms with Crippen LogP contribution in [0.25, 0.3) is 0 Å². The number of nitrogens with one attached hydrogen (secondary N) is 1. The van der Waals surface area contributed by atoms with Crippen LogP contribution in [0.2, 0.25) is 0 Å². The Bertz CT molecular complexity index is 325. The van der Waals surface area contributed by atoms with Gasteiger partial charge in [0.15, 0.2) is 0 Å². The van der Waals surface area contributed by atoms with Crippen molar-refractivity contribution in [1.82, 2.24) is 5.32 Å². The van der Waals surface area contributed by atoms with Gasteiger partial charge >= 0.3 is 0 Å². The van der Waals surface area contributed by atoms with E-state index in [1.165, 1.54) is 0 Å². The summed E-state index contributed by atoms with van der Waals surface area (Å²) in [5.74, 6) is 0.582. The molecule has 0 radical (unpaired) electrons. The molecule has 0 aliphatic heterocycles. The molecule has 0 aliphatic rings. The van der Waals surface area contributed by atoms with E-state index in [-0.39, 0.29) is 12.5 Å². The molecule has 0 atom stereocenters. The van der Waals surface area contributed by atoms with Crippen LogP contribution in [0.1, 0.15) is 40.9 Å². The van der Waals surface area contributed by atoms with Crippen LogP contribution in [-0.2, 0) is 0 Å². The monoisotopic (exact) mass is 225 g/mol. The second-order valence-corrected chi connectivity index (χ2v) is 3.89. The van der Waals surface area contributed by atoms with Gasteiger partial charge in [0.05, 0.1) is 11.8 Å². The summed E-state index contributed by atoms with van der Waals surface area (Å²) in [6.07, 6.45) is 4.21. The Morgan fingerprint density at radius 1 is 1.38 bits per heavy atom. The number of carbonyl (C=O) groups is 1. The number of hydrogen-bond donors (Lipinski definition) is 2. The van der Waals surface area contributed by atoms with Crippen LogP contribution in [0, 0.1) is 13.8 Å². The van der Waals surface area contributed by atoms with Crippen molar-refractivity contribution in [2.45, 2.75) is 33.1 Å². The van der Waals surface area contributed by atoms with Crippen molar-refractivity contribution in [3.05, 3.63) is 23.2 Å². The lowest BCUT2D eigenvalue weighted by molar-refractivity contribution is 0.0951. The summed E-state index contributed by atoms with van der Waals surface area (Å²) in [7, 11) is 0. The van der Waals surface area contributed by atoms with Crippen LogP contribution < -0.4 is 5.32 Å². The minimum absolute atomic E-state index is 0.0762. The fourth-order valence-corrected chi connectivity index (χ4v) is 1.62. The maximum Gasteiger partial charge on any atom is 0.255 e. The van der Waals surface area contributed by atoms with Gasteiger partial charge in [0.1, 0.15) is 5.76 Å². The minimum Gasteiger partial charge on any atom is -0.469 e. The molecule has 2 N–H and O–H groups in total. The van der Waals surface area contributed by atoms with Crippen molar-refractivity contribution >= 4 is 5.91 Å². The van der Waals surface area contributed by atoms with E-state index in [2.05, 4.69) is 5.32 Å². The van der Waals surface area contributed by atoms with Gasteiger partial charge in [-0.2, -0.15) is 0 Å². The standard InChI is InChI=1S/C12H19NO3/c1-9-8-16-10(2)11(9)12(15)13-6-4-3-5-7-14/h8,14H,3-7H2,1-2H3,(H,13,15). The summed E-state index contributed by atoms with van der Waals surface area (Å²) in [4.78, 5) is 11.8. The van der Waals surface area contributed by atoms with Crippen LogP contribution in [0.3, 0.4) is 0 Å². The average molecular weight is 225 g/mol. The highest BCUT2D eigenvalue weighted by Crippen LogP contribution is 2.14. The first-order valence-electron chi connectivity index (χ1n) is 5.60. The highest BCUT2D eigenvalue weighted by molar-refractivity contribution is 5.96. The smallest absolute Gasteiger partial charge is 0.255 e. The lowest BCUT2D eigenvalue weighted by Crippen LogP contribution is -2.25. The molecule has 0 unspecified atom stereocenters. The third kappa shape index (κ3) is 3.38. The Kier molecular flexibility index (Phi) is 5.05. The fourth-order valence-electron chi connectivity index (χ4n) is 1.62. The number of aryl methyl sites for hydroxylation is 2. The molecule has 1 rings (SSSR count). The van der Waals surface area contributed by atoms with Crippen LogP contribution in [0.4, 0.5) is 0 Å². The van der Waals surface area contributed by atoms with Gasteiger partial charge in [-0.25, -0.2) is 0 Å². The summed E-state index contributed by atoms with van der Waals surface area (Å²) >= 11 is 0. The second kappa shape index (κ2) is 6.33. The molecule has 1 aromatic heterocycles. The van der Waals surface area contributed by atoms with Gasteiger partial charge in [0.2, 0.25) is 0 Å². The fraction of sp³-hybridized carbons (Fsp3) is 0.583. The van der Waals surface area contributed by atoms with Gasteiger partial charge in [-0.15, -0.1) is 0 Å². The first-order valence-corrected chi connectivity index (χ1v) is 5.60. The van der Waals surface area contributed by atoms with Gasteiger partial charge in [0.25, 0.3) is 5.91 Å². The van der Waals surface area contributed by atoms with Gasteiger partial charge in [-0.3, -0.25) is 4.79 Å². The second-order valence-electron chi connectivity index (χ2n) is 3.89. The number of hydrogen-bond acceptors (Lipinski definition) is 3. The summed E-state index contributed by atoms with van der Waals surface area (Å²) in [5, 5.41) is 11.4. The number of unbranched alkanes of at least 4 members (excludes halogenated alkanes) is 2. The molecule has 0 saturated carbocycles. The zero-order valence-electron chi connectivity index (χ0n) is 9.88. The molecule has 0 fully saturated rings. The summed E-state index contributed by atoms with van der Waals surface area (Å²) in [5.41, 5.74) is 1.51. The highest BCUT2D eigenvalue weighted by atomic mass is 16.3. The van der Waals surface area contributed by atoms with E-state index >= 15 is 0 Å². The quantitative estimate of drug-likeness (QED) is 0.725. The van der Waals surface area contributed by atoms with Crippen molar-refractivity contribution in [3.8, 4) is 0 Å². The molecule has 0 aromatic carbocycles. The van der Waals surface area contributed by atoms with Crippen LogP contribution in [0.5, 0.6) is 0 Å². The normalized spacial score (nSPS) is 10.4. The molecule has 0 aliphatic carbocycles. The van der Waals surface area contributed by atoms with Crippen molar-refractivity contribution in [2.75, 3.05) is 13.2 Å². The van der Waals surface area contributed by atoms with Crippen molar-refractivity contribution in [3.63, 3.8) is 0 Å². The molecule has 0 bridgehead atoms. The number of aliphatic hydroxyl groups excluding tert-OH is 1. The zero-order valence-corrected chi connectivity index (χ0v) is 9.88. The van der Waals surface area contributed by atoms with E-state index in [4.69, 9.17) is 9.52 Å². The number of rotatable bonds is 6. The maximum absolute atomic E-state index is 11.8. The van der Waals surface area contributed by atoms with Crippen molar-refractivity contribution in [2.24, 2.45) is 0 Å². The summed E-state index contributed by atoms with van der Waals surface area (Å²) < 4.78 is 5.17. The van der Waals surface area contributed by atoms with Crippen LogP contribution in [-0.4, -0.2) is 24.2 Å². The predicted molar refractivity (Wildman–Crippen MR) is 61.5 cm³/mol. The predicted octanol–water partition coefficient (Wildman–Crippen LogP) is 1.79. The SMILES string of the molecule is Cc1coc(C)c1C(=O)NCCCCCO. The molecule has 90 valence electrons.